The molecule has 0 bridgehead atoms. The second-order valence-corrected chi connectivity index (χ2v) is 8.48. The van der Waals surface area contributed by atoms with Crippen LogP contribution in [0.2, 0.25) is 0 Å². The van der Waals surface area contributed by atoms with Gasteiger partial charge in [-0.05, 0) is 57.7 Å². The van der Waals surface area contributed by atoms with Crippen LogP contribution >= 0.6 is 0 Å². The minimum absolute atomic E-state index is 0.0104. The summed E-state index contributed by atoms with van der Waals surface area (Å²) in [7, 11) is 1.52. The Bertz CT molecular complexity index is 1030. The van der Waals surface area contributed by atoms with Crippen molar-refractivity contribution >= 4 is 17.6 Å². The molecule has 0 unspecified atom stereocenters. The van der Waals surface area contributed by atoms with Crippen LogP contribution in [0, 0.1) is 0 Å². The summed E-state index contributed by atoms with van der Waals surface area (Å²) in [5.41, 5.74) is 9.80. The zero-order chi connectivity index (χ0) is 22.2. The number of fused-ring (bicyclic) bond motifs is 3. The maximum atomic E-state index is 10.8. The number of anilines is 1. The van der Waals surface area contributed by atoms with Crippen molar-refractivity contribution in [3.05, 3.63) is 35.7 Å². The number of hydrogen-bond donors (Lipinski definition) is 3. The fraction of sp³-hybridized carbons (Fsp3) is 0.455. The molecule has 9 heteroatoms. The molecule has 2 aliphatic rings. The Morgan fingerprint density at radius 2 is 1.97 bits per heavy atom. The maximum absolute atomic E-state index is 10.8. The summed E-state index contributed by atoms with van der Waals surface area (Å²) >= 11 is 0. The first-order chi connectivity index (χ1) is 14.8. The Morgan fingerprint density at radius 3 is 2.65 bits per heavy atom. The lowest BCUT2D eigenvalue weighted by Gasteiger charge is -2.35. The maximum Gasteiger partial charge on any atom is 0.404 e. The van der Waals surface area contributed by atoms with E-state index >= 15 is 0 Å². The van der Waals surface area contributed by atoms with Crippen molar-refractivity contribution < 1.29 is 19.5 Å². The molecule has 1 amide bonds. The molecule has 1 aromatic carbocycles. The van der Waals surface area contributed by atoms with E-state index in [2.05, 4.69) is 20.4 Å². The second kappa shape index (κ2) is 8.05. The van der Waals surface area contributed by atoms with Crippen molar-refractivity contribution in [3.63, 3.8) is 0 Å². The van der Waals surface area contributed by atoms with Gasteiger partial charge in [0.15, 0.2) is 0 Å². The van der Waals surface area contributed by atoms with Gasteiger partial charge >= 0.3 is 6.09 Å². The van der Waals surface area contributed by atoms with E-state index < -0.39 is 11.5 Å². The monoisotopic (exact) mass is 425 g/mol. The van der Waals surface area contributed by atoms with Crippen LogP contribution < -0.4 is 15.8 Å². The Hall–Kier alpha value is -3.36. The molecular formula is C22H27N5O4. The van der Waals surface area contributed by atoms with E-state index in [1.54, 1.807) is 0 Å². The molecule has 1 fully saturated rings. The first kappa shape index (κ1) is 20.9. The molecule has 4 rings (SSSR count). The molecule has 31 heavy (non-hydrogen) atoms. The molecule has 1 saturated carbocycles. The first-order valence-corrected chi connectivity index (χ1v) is 10.3. The lowest BCUT2D eigenvalue weighted by atomic mass is 9.70. The van der Waals surface area contributed by atoms with Gasteiger partial charge in [-0.15, -0.1) is 0 Å². The van der Waals surface area contributed by atoms with Gasteiger partial charge in [-0.25, -0.2) is 14.8 Å². The van der Waals surface area contributed by atoms with Crippen LogP contribution in [-0.2, 0) is 10.3 Å². The number of hydrogen-bond acceptors (Lipinski definition) is 7. The SMILES string of the molecule is CON=C1c2cc(OC3CCC(NC(=O)O)CC3)ccc2-c2ncnc(N)c2C1(C)C. The van der Waals surface area contributed by atoms with E-state index in [1.165, 1.54) is 13.4 Å². The summed E-state index contributed by atoms with van der Waals surface area (Å²) in [4.78, 5) is 24.7. The number of carboxylic acid groups (broad SMARTS) is 1. The molecular weight excluding hydrogens is 398 g/mol. The zero-order valence-corrected chi connectivity index (χ0v) is 17.9. The smallest absolute Gasteiger partial charge is 0.404 e. The average Bonchev–Trinajstić information content (AvgIpc) is 2.72. The number of carbonyl (C=O) groups is 1. The van der Waals surface area contributed by atoms with Crippen LogP contribution in [0.4, 0.5) is 10.6 Å². The number of amides is 1. The fourth-order valence-corrected chi connectivity index (χ4v) is 4.62. The molecule has 164 valence electrons. The fourth-order valence-electron chi connectivity index (χ4n) is 4.62. The molecule has 4 N–H and O–H groups in total. The Morgan fingerprint density at radius 1 is 1.23 bits per heavy atom. The van der Waals surface area contributed by atoms with Crippen molar-refractivity contribution in [2.75, 3.05) is 12.8 Å². The van der Waals surface area contributed by atoms with Gasteiger partial charge in [-0.3, -0.25) is 0 Å². The van der Waals surface area contributed by atoms with Crippen LogP contribution in [0.25, 0.3) is 11.3 Å². The Balaban J connectivity index is 1.64. The highest BCUT2D eigenvalue weighted by molar-refractivity contribution is 6.15. The highest BCUT2D eigenvalue weighted by atomic mass is 16.6. The predicted molar refractivity (Wildman–Crippen MR) is 116 cm³/mol. The molecule has 0 radical (unpaired) electrons. The molecule has 0 atom stereocenters. The van der Waals surface area contributed by atoms with Crippen LogP contribution in [-0.4, -0.2) is 46.1 Å². The van der Waals surface area contributed by atoms with E-state index in [1.807, 2.05) is 32.0 Å². The van der Waals surface area contributed by atoms with Gasteiger partial charge in [-0.2, -0.15) is 0 Å². The summed E-state index contributed by atoms with van der Waals surface area (Å²) in [6.45, 7) is 4.05. The Kier molecular flexibility index (Phi) is 5.43. The molecule has 9 nitrogen and oxygen atoms in total. The van der Waals surface area contributed by atoms with Gasteiger partial charge in [0.25, 0.3) is 0 Å². The molecule has 0 aliphatic heterocycles. The standard InChI is InChI=1S/C22H27N5O4/c1-22(2)17-18(24-11-25-20(17)23)15-9-8-14(10-16(15)19(22)27-30-3)31-13-6-4-12(5-7-13)26-21(28)29/h8-13,26H,4-7H2,1-3H3,(H,28,29)(H2,23,24,25). The average molecular weight is 425 g/mol. The normalized spacial score (nSPS) is 22.9. The number of nitrogens with one attached hydrogen (secondary N) is 1. The summed E-state index contributed by atoms with van der Waals surface area (Å²) < 4.78 is 6.25. The van der Waals surface area contributed by atoms with Crippen molar-refractivity contribution in [3.8, 4) is 17.0 Å². The summed E-state index contributed by atoms with van der Waals surface area (Å²) in [5.74, 6) is 1.16. The lowest BCUT2D eigenvalue weighted by molar-refractivity contribution is 0.134. The third kappa shape index (κ3) is 3.87. The van der Waals surface area contributed by atoms with Gasteiger partial charge in [0.2, 0.25) is 0 Å². The third-order valence-electron chi connectivity index (χ3n) is 6.08. The van der Waals surface area contributed by atoms with Crippen LogP contribution in [0.1, 0.15) is 50.7 Å². The van der Waals surface area contributed by atoms with Gasteiger partial charge < -0.3 is 25.7 Å². The van der Waals surface area contributed by atoms with Crippen LogP contribution in [0.15, 0.2) is 29.7 Å². The number of benzene rings is 1. The van der Waals surface area contributed by atoms with Crippen LogP contribution in [0.3, 0.4) is 0 Å². The lowest BCUT2D eigenvalue weighted by Crippen LogP contribution is -2.39. The number of nitrogens with two attached hydrogens (primary N) is 1. The van der Waals surface area contributed by atoms with E-state index in [0.29, 0.717) is 5.82 Å². The molecule has 1 aromatic heterocycles. The van der Waals surface area contributed by atoms with Gasteiger partial charge in [0.05, 0.1) is 17.5 Å². The first-order valence-electron chi connectivity index (χ1n) is 10.3. The topological polar surface area (TPSA) is 132 Å². The van der Waals surface area contributed by atoms with Crippen molar-refractivity contribution in [2.45, 2.75) is 57.1 Å². The van der Waals surface area contributed by atoms with E-state index in [-0.39, 0.29) is 12.1 Å². The molecule has 1 heterocycles. The second-order valence-electron chi connectivity index (χ2n) is 8.48. The quantitative estimate of drug-likeness (QED) is 0.640. The van der Waals surface area contributed by atoms with E-state index in [4.69, 9.17) is 20.4 Å². The van der Waals surface area contributed by atoms with E-state index in [0.717, 1.165) is 59.5 Å². The van der Waals surface area contributed by atoms with Crippen molar-refractivity contribution in [1.29, 1.82) is 0 Å². The van der Waals surface area contributed by atoms with Crippen molar-refractivity contribution in [2.24, 2.45) is 5.16 Å². The Labute approximate surface area is 180 Å². The molecule has 2 aliphatic carbocycles. The van der Waals surface area contributed by atoms with Gasteiger partial charge in [0.1, 0.15) is 25.0 Å². The highest BCUT2D eigenvalue weighted by Gasteiger charge is 2.41. The predicted octanol–water partition coefficient (Wildman–Crippen LogP) is 3.33. The third-order valence-corrected chi connectivity index (χ3v) is 6.08. The summed E-state index contributed by atoms with van der Waals surface area (Å²) in [5, 5.41) is 15.8. The minimum Gasteiger partial charge on any atom is -0.490 e. The number of oxime groups is 1. The molecule has 2 aromatic rings. The van der Waals surface area contributed by atoms with E-state index in [9.17, 15) is 4.79 Å². The number of rotatable bonds is 4. The van der Waals surface area contributed by atoms with Crippen LogP contribution in [0.5, 0.6) is 5.75 Å². The summed E-state index contributed by atoms with van der Waals surface area (Å²) in [6, 6.07) is 5.85. The number of nitrogens with zero attached hydrogens (tertiary/aromatic N) is 3. The van der Waals surface area contributed by atoms with Gasteiger partial charge in [0, 0.05) is 28.1 Å². The number of nitrogen functional groups attached to an aromatic ring is 1. The summed E-state index contributed by atoms with van der Waals surface area (Å²) in [6.07, 6.45) is 3.63. The van der Waals surface area contributed by atoms with Gasteiger partial charge in [-0.1, -0.05) is 5.16 Å². The molecule has 0 saturated heterocycles. The molecule has 0 spiro atoms. The zero-order valence-electron chi connectivity index (χ0n) is 17.9. The van der Waals surface area contributed by atoms with Crippen molar-refractivity contribution in [1.82, 2.24) is 15.3 Å². The number of aromatic nitrogens is 2. The highest BCUT2D eigenvalue weighted by Crippen LogP contribution is 2.45. The minimum atomic E-state index is -0.976. The largest absolute Gasteiger partial charge is 0.490 e. The number of ether oxygens (including phenoxy) is 1.